The van der Waals surface area contributed by atoms with Gasteiger partial charge in [0.25, 0.3) is 0 Å². The molecule has 0 heterocycles. The van der Waals surface area contributed by atoms with Crippen LogP contribution in [0.1, 0.15) is 77.3 Å². The van der Waals surface area contributed by atoms with Crippen LogP contribution in [0.15, 0.2) is 18.2 Å². The molecule has 2 N–H and O–H groups in total. The average molecular weight is 462 g/mol. The molecule has 1 rings (SSSR count). The van der Waals surface area contributed by atoms with Crippen LogP contribution >= 0.6 is 0 Å². The molecule has 0 saturated carbocycles. The van der Waals surface area contributed by atoms with Gasteiger partial charge in [-0.15, -0.1) is 0 Å². The summed E-state index contributed by atoms with van der Waals surface area (Å²) in [4.78, 5) is 23.0. The number of amides is 1. The Balaban J connectivity index is 3.25. The van der Waals surface area contributed by atoms with Crippen molar-refractivity contribution in [2.24, 2.45) is 5.92 Å². The fourth-order valence-corrected chi connectivity index (χ4v) is 3.43. The molecule has 0 radical (unpaired) electrons. The first-order valence-electron chi connectivity index (χ1n) is 10.9. The van der Waals surface area contributed by atoms with E-state index in [1.54, 1.807) is 6.92 Å². The summed E-state index contributed by atoms with van der Waals surface area (Å²) in [6, 6.07) is 3.21. The van der Waals surface area contributed by atoms with E-state index in [1.165, 1.54) is 13.0 Å². The van der Waals surface area contributed by atoms with Gasteiger partial charge in [-0.25, -0.2) is 0 Å². The number of nitrogens with one attached hydrogen (secondary N) is 1. The highest BCUT2D eigenvalue weighted by molar-refractivity contribution is 5.74. The van der Waals surface area contributed by atoms with Crippen LogP contribution in [0.2, 0.25) is 0 Å². The van der Waals surface area contributed by atoms with Crippen molar-refractivity contribution >= 4 is 11.9 Å². The monoisotopic (exact) mass is 461 g/mol. The molecule has 2 atom stereocenters. The Morgan fingerprint density at radius 3 is 2.28 bits per heavy atom. The van der Waals surface area contributed by atoms with Gasteiger partial charge in [0, 0.05) is 25.3 Å². The van der Waals surface area contributed by atoms with E-state index in [1.807, 2.05) is 0 Å². The normalized spacial score (nSPS) is 14.4. The zero-order valence-electron chi connectivity index (χ0n) is 19.2. The van der Waals surface area contributed by atoms with Gasteiger partial charge < -0.3 is 19.9 Å². The number of hydrogen-bond donors (Lipinski definition) is 2. The molecule has 0 aliphatic rings. The first-order valence-corrected chi connectivity index (χ1v) is 10.9. The van der Waals surface area contributed by atoms with Crippen LogP contribution in [0.3, 0.4) is 0 Å². The summed E-state index contributed by atoms with van der Waals surface area (Å²) in [5, 5.41) is 13.6. The number of rotatable bonds is 13. The smallest absolute Gasteiger partial charge is 0.419 e. The Morgan fingerprint density at radius 2 is 1.75 bits per heavy atom. The van der Waals surface area contributed by atoms with E-state index >= 15 is 0 Å². The van der Waals surface area contributed by atoms with Gasteiger partial charge >= 0.3 is 12.1 Å². The third kappa shape index (κ3) is 8.33. The summed E-state index contributed by atoms with van der Waals surface area (Å²) in [5.41, 5.74) is -3.39. The van der Waals surface area contributed by atoms with Crippen LogP contribution < -0.4 is 10.1 Å². The molecule has 1 amide bonds. The van der Waals surface area contributed by atoms with E-state index in [9.17, 15) is 27.9 Å². The predicted molar refractivity (Wildman–Crippen MR) is 114 cm³/mol. The van der Waals surface area contributed by atoms with E-state index in [0.29, 0.717) is 6.42 Å². The molecule has 6 nitrogen and oxygen atoms in total. The van der Waals surface area contributed by atoms with Crippen LogP contribution in [0.25, 0.3) is 0 Å². The molecule has 0 aliphatic heterocycles. The van der Waals surface area contributed by atoms with E-state index in [-0.39, 0.29) is 30.9 Å². The van der Waals surface area contributed by atoms with Crippen LogP contribution in [0.4, 0.5) is 13.2 Å². The summed E-state index contributed by atoms with van der Waals surface area (Å²) in [7, 11) is 0. The average Bonchev–Trinajstić information content (AvgIpc) is 2.69. The van der Waals surface area contributed by atoms with Crippen molar-refractivity contribution in [2.45, 2.75) is 78.1 Å². The Bertz CT molecular complexity index is 754. The Kier molecular flexibility index (Phi) is 11.0. The zero-order chi connectivity index (χ0) is 24.4. The predicted octanol–water partition coefficient (Wildman–Crippen LogP) is 4.93. The lowest BCUT2D eigenvalue weighted by atomic mass is 9.86. The standard InChI is InChI=1S/C23H34F3NO5/c1-5-7-8-9-10-13-31-21-12-11-19(14-20(21)23(24,25)26)22(30,27-16(3)28)18(6-2)15-32-17(4)29/h11-12,14,18,30H,5-10,13,15H2,1-4H3,(H,27,28). The molecule has 0 saturated heterocycles. The number of halogens is 3. The molecule has 9 heteroatoms. The third-order valence-corrected chi connectivity index (χ3v) is 5.17. The minimum Gasteiger partial charge on any atom is -0.493 e. The largest absolute Gasteiger partial charge is 0.493 e. The summed E-state index contributed by atoms with van der Waals surface area (Å²) in [6.45, 7) is 5.93. The van der Waals surface area contributed by atoms with Crippen LogP contribution in [-0.4, -0.2) is 30.2 Å². The maximum atomic E-state index is 13.8. The topological polar surface area (TPSA) is 84.9 Å². The van der Waals surface area contributed by atoms with Crippen molar-refractivity contribution in [1.82, 2.24) is 5.32 Å². The molecular weight excluding hydrogens is 427 g/mol. The number of alkyl halides is 3. The summed E-state index contributed by atoms with van der Waals surface area (Å²) >= 11 is 0. The Hall–Kier alpha value is -2.29. The third-order valence-electron chi connectivity index (χ3n) is 5.17. The zero-order valence-corrected chi connectivity index (χ0v) is 19.2. The van der Waals surface area contributed by atoms with Gasteiger partial charge in [0.05, 0.1) is 18.8 Å². The molecule has 0 fully saturated rings. The van der Waals surface area contributed by atoms with E-state index in [4.69, 9.17) is 9.47 Å². The maximum Gasteiger partial charge on any atom is 0.419 e. The number of unbranched alkanes of at least 4 members (excludes halogenated alkanes) is 4. The lowest BCUT2D eigenvalue weighted by molar-refractivity contribution is -0.150. The van der Waals surface area contributed by atoms with Gasteiger partial charge in [0.2, 0.25) is 5.91 Å². The number of carbonyl (C=O) groups is 2. The molecule has 0 aromatic heterocycles. The van der Waals surface area contributed by atoms with Crippen LogP contribution in [-0.2, 0) is 26.2 Å². The van der Waals surface area contributed by atoms with Crippen molar-refractivity contribution in [1.29, 1.82) is 0 Å². The summed E-state index contributed by atoms with van der Waals surface area (Å²) in [5.74, 6) is -2.46. The highest BCUT2D eigenvalue weighted by Gasteiger charge is 2.42. The van der Waals surface area contributed by atoms with Gasteiger partial charge in [0.15, 0.2) is 5.72 Å². The van der Waals surface area contributed by atoms with Gasteiger partial charge in [-0.1, -0.05) is 45.6 Å². The number of aliphatic hydroxyl groups is 1. The molecule has 0 bridgehead atoms. The molecule has 1 aromatic carbocycles. The van der Waals surface area contributed by atoms with Crippen molar-refractivity contribution in [3.63, 3.8) is 0 Å². The van der Waals surface area contributed by atoms with Crippen LogP contribution in [0, 0.1) is 5.92 Å². The summed E-state index contributed by atoms with van der Waals surface area (Å²) < 4.78 is 51.7. The Morgan fingerprint density at radius 1 is 1.09 bits per heavy atom. The van der Waals surface area contributed by atoms with Gasteiger partial charge in [0.1, 0.15) is 5.75 Å². The van der Waals surface area contributed by atoms with E-state index in [2.05, 4.69) is 12.2 Å². The molecule has 0 aliphatic carbocycles. The van der Waals surface area contributed by atoms with E-state index < -0.39 is 35.3 Å². The second kappa shape index (κ2) is 12.7. The minimum absolute atomic E-state index is 0.145. The van der Waals surface area contributed by atoms with Crippen molar-refractivity contribution < 1.29 is 37.3 Å². The molecule has 0 spiro atoms. The lowest BCUT2D eigenvalue weighted by Gasteiger charge is -2.36. The van der Waals surface area contributed by atoms with Crippen molar-refractivity contribution in [3.05, 3.63) is 29.3 Å². The second-order valence-corrected chi connectivity index (χ2v) is 7.83. The van der Waals surface area contributed by atoms with Gasteiger partial charge in [-0.2, -0.15) is 13.2 Å². The molecule has 32 heavy (non-hydrogen) atoms. The molecule has 182 valence electrons. The second-order valence-electron chi connectivity index (χ2n) is 7.83. The van der Waals surface area contributed by atoms with Crippen molar-refractivity contribution in [3.8, 4) is 5.75 Å². The first kappa shape index (κ1) is 27.7. The number of hydrogen-bond acceptors (Lipinski definition) is 5. The fourth-order valence-electron chi connectivity index (χ4n) is 3.43. The fraction of sp³-hybridized carbons (Fsp3) is 0.652. The van der Waals surface area contributed by atoms with Gasteiger partial charge in [-0.05, 0) is 25.0 Å². The van der Waals surface area contributed by atoms with Crippen molar-refractivity contribution in [2.75, 3.05) is 13.2 Å². The molecular formula is C23H34F3NO5. The molecule has 1 aromatic rings. The van der Waals surface area contributed by atoms with Crippen LogP contribution in [0.5, 0.6) is 5.75 Å². The highest BCUT2D eigenvalue weighted by atomic mass is 19.4. The summed E-state index contributed by atoms with van der Waals surface area (Å²) in [6.07, 6.45) is 0.113. The quantitative estimate of drug-likeness (QED) is 0.247. The van der Waals surface area contributed by atoms with E-state index in [0.717, 1.165) is 44.7 Å². The highest BCUT2D eigenvalue weighted by Crippen LogP contribution is 2.40. The van der Waals surface area contributed by atoms with Gasteiger partial charge in [-0.3, -0.25) is 9.59 Å². The first-order chi connectivity index (χ1) is 15.0. The SMILES string of the molecule is CCCCCCCOc1ccc(C(O)(NC(C)=O)C(CC)COC(C)=O)cc1C(F)(F)F. The number of benzene rings is 1. The minimum atomic E-state index is -4.73. The lowest BCUT2D eigenvalue weighted by Crippen LogP contribution is -2.52. The maximum absolute atomic E-state index is 13.8. The Labute approximate surface area is 187 Å². The number of carbonyl (C=O) groups excluding carboxylic acids is 2. The number of ether oxygens (including phenoxy) is 2. The molecule has 2 unspecified atom stereocenters. The number of esters is 1.